The van der Waals surface area contributed by atoms with E-state index in [0.717, 1.165) is 24.1 Å². The molecule has 0 aliphatic carbocycles. The summed E-state index contributed by atoms with van der Waals surface area (Å²) in [5.41, 5.74) is 4.77. The van der Waals surface area contributed by atoms with Gasteiger partial charge < -0.3 is 4.74 Å². The Morgan fingerprint density at radius 3 is 2.58 bits per heavy atom. The Balaban J connectivity index is 1.80. The van der Waals surface area contributed by atoms with Crippen molar-refractivity contribution in [3.8, 4) is 0 Å². The van der Waals surface area contributed by atoms with Gasteiger partial charge in [-0.1, -0.05) is 26.0 Å². The fourth-order valence-electron chi connectivity index (χ4n) is 3.57. The van der Waals surface area contributed by atoms with Crippen molar-refractivity contribution < 1.29 is 9.53 Å². The van der Waals surface area contributed by atoms with Crippen LogP contribution in [0.2, 0.25) is 0 Å². The van der Waals surface area contributed by atoms with Crippen LogP contribution in [0, 0.1) is 5.92 Å². The number of hydrogen-bond donors (Lipinski definition) is 1. The van der Waals surface area contributed by atoms with Gasteiger partial charge in [-0.2, -0.15) is 0 Å². The van der Waals surface area contributed by atoms with Crippen LogP contribution < -0.4 is 5.43 Å². The van der Waals surface area contributed by atoms with Crippen LogP contribution in [-0.2, 0) is 9.53 Å². The first-order valence-corrected chi connectivity index (χ1v) is 8.58. The van der Waals surface area contributed by atoms with Crippen molar-refractivity contribution in [3.05, 3.63) is 30.6 Å². The number of rotatable bonds is 4. The molecule has 1 amide bonds. The molecule has 1 saturated heterocycles. The molecule has 1 aromatic carbocycles. The summed E-state index contributed by atoms with van der Waals surface area (Å²) in [5, 5.41) is 0. The number of ether oxygens (including phenoxy) is 1. The molecule has 0 spiro atoms. The fourth-order valence-corrected chi connectivity index (χ4v) is 3.57. The van der Waals surface area contributed by atoms with Crippen LogP contribution in [0.4, 0.5) is 0 Å². The van der Waals surface area contributed by atoms with E-state index in [9.17, 15) is 4.79 Å². The maximum Gasteiger partial charge on any atom is 0.256 e. The van der Waals surface area contributed by atoms with Crippen molar-refractivity contribution in [2.45, 2.75) is 45.9 Å². The molecule has 3 atom stereocenters. The zero-order valence-electron chi connectivity index (χ0n) is 14.8. The quantitative estimate of drug-likeness (QED) is 0.934. The molecular weight excluding hydrogens is 304 g/mol. The van der Waals surface area contributed by atoms with E-state index in [4.69, 9.17) is 4.74 Å². The van der Waals surface area contributed by atoms with Crippen molar-refractivity contribution in [1.82, 2.24) is 14.6 Å². The summed E-state index contributed by atoms with van der Waals surface area (Å²) in [4.78, 5) is 19.5. The summed E-state index contributed by atoms with van der Waals surface area (Å²) >= 11 is 0. The average Bonchev–Trinajstić information content (AvgIpc) is 2.89. The minimum atomic E-state index is -0.194. The lowest BCUT2D eigenvalue weighted by atomic mass is 10.00. The van der Waals surface area contributed by atoms with Crippen LogP contribution in [0.5, 0.6) is 0 Å². The number of morpholine rings is 1. The third-order valence-corrected chi connectivity index (χ3v) is 4.43. The topological polar surface area (TPSA) is 59.4 Å². The average molecular weight is 330 g/mol. The zero-order chi connectivity index (χ0) is 17.3. The molecule has 3 unspecified atom stereocenters. The lowest BCUT2D eigenvalue weighted by molar-refractivity contribution is -0.131. The van der Waals surface area contributed by atoms with E-state index in [-0.39, 0.29) is 30.1 Å². The number of nitrogens with one attached hydrogen (secondary N) is 1. The Hall–Kier alpha value is -1.92. The van der Waals surface area contributed by atoms with Gasteiger partial charge in [0.1, 0.15) is 6.33 Å². The maximum atomic E-state index is 13.0. The lowest BCUT2D eigenvalue weighted by Gasteiger charge is -2.40. The first-order chi connectivity index (χ1) is 11.5. The molecule has 3 rings (SSSR count). The molecule has 1 aliphatic rings. The predicted octanol–water partition coefficient (Wildman–Crippen LogP) is 2.24. The van der Waals surface area contributed by atoms with Crippen LogP contribution in [0.15, 0.2) is 30.6 Å². The minimum absolute atomic E-state index is 0.00514. The predicted molar refractivity (Wildman–Crippen MR) is 94.3 cm³/mol. The molecule has 1 aliphatic heterocycles. The Kier molecular flexibility index (Phi) is 4.87. The standard InChI is InChI=1S/C18H26N4O2/c1-12(2)17(21-9-13(3)24-14(4)10-21)18(23)20-22-11-19-15-7-5-6-8-16(15)22/h5-8,11-14,17H,9-10H2,1-4H3,(H,20,23). The first kappa shape index (κ1) is 16.9. The molecule has 2 heterocycles. The summed E-state index contributed by atoms with van der Waals surface area (Å²) < 4.78 is 7.51. The highest BCUT2D eigenvalue weighted by Gasteiger charge is 2.34. The highest BCUT2D eigenvalue weighted by molar-refractivity contribution is 5.90. The molecule has 2 aromatic rings. The van der Waals surface area contributed by atoms with Gasteiger partial charge in [-0.05, 0) is 31.9 Å². The van der Waals surface area contributed by atoms with E-state index in [0.29, 0.717) is 0 Å². The molecule has 1 fully saturated rings. The van der Waals surface area contributed by atoms with E-state index in [1.165, 1.54) is 0 Å². The summed E-state index contributed by atoms with van der Waals surface area (Å²) in [5.74, 6) is 0.201. The number of imidazole rings is 1. The van der Waals surface area contributed by atoms with E-state index < -0.39 is 0 Å². The third-order valence-electron chi connectivity index (χ3n) is 4.43. The SMILES string of the molecule is CC1CN(C(C(=O)Nn2cnc3ccccc32)C(C)C)CC(C)O1. The number of carbonyl (C=O) groups excluding carboxylic acids is 1. The van der Waals surface area contributed by atoms with Crippen LogP contribution in [0.25, 0.3) is 11.0 Å². The number of hydrogen-bond acceptors (Lipinski definition) is 4. The summed E-state index contributed by atoms with van der Waals surface area (Å²) in [6.07, 6.45) is 1.93. The fraction of sp³-hybridized carbons (Fsp3) is 0.556. The van der Waals surface area contributed by atoms with Gasteiger partial charge >= 0.3 is 0 Å². The third kappa shape index (κ3) is 3.44. The number of fused-ring (bicyclic) bond motifs is 1. The summed E-state index contributed by atoms with van der Waals surface area (Å²) in [6.45, 7) is 9.82. The van der Waals surface area contributed by atoms with Crippen molar-refractivity contribution in [1.29, 1.82) is 0 Å². The van der Waals surface area contributed by atoms with Gasteiger partial charge in [0.15, 0.2) is 0 Å². The zero-order valence-corrected chi connectivity index (χ0v) is 14.8. The summed E-state index contributed by atoms with van der Waals surface area (Å²) in [7, 11) is 0. The van der Waals surface area contributed by atoms with Gasteiger partial charge in [0.2, 0.25) is 0 Å². The smallest absolute Gasteiger partial charge is 0.256 e. The van der Waals surface area contributed by atoms with Gasteiger partial charge in [-0.25, -0.2) is 9.66 Å². The van der Waals surface area contributed by atoms with Crippen molar-refractivity contribution in [3.63, 3.8) is 0 Å². The van der Waals surface area contributed by atoms with Gasteiger partial charge in [0, 0.05) is 13.1 Å². The molecule has 0 saturated carbocycles. The maximum absolute atomic E-state index is 13.0. The van der Waals surface area contributed by atoms with E-state index in [1.54, 1.807) is 11.0 Å². The summed E-state index contributed by atoms with van der Waals surface area (Å²) in [6, 6.07) is 7.57. The Bertz CT molecular complexity index is 702. The minimum Gasteiger partial charge on any atom is -0.373 e. The van der Waals surface area contributed by atoms with Gasteiger partial charge in [-0.3, -0.25) is 15.1 Å². The monoisotopic (exact) mass is 330 g/mol. The second-order valence-corrected chi connectivity index (χ2v) is 6.98. The molecule has 1 aromatic heterocycles. The van der Waals surface area contributed by atoms with Crippen molar-refractivity contribution >= 4 is 16.9 Å². The largest absolute Gasteiger partial charge is 0.373 e. The molecule has 0 bridgehead atoms. The molecule has 0 radical (unpaired) electrons. The number of nitrogens with zero attached hydrogens (tertiary/aromatic N) is 3. The second-order valence-electron chi connectivity index (χ2n) is 6.98. The van der Waals surface area contributed by atoms with Crippen molar-refractivity contribution in [2.75, 3.05) is 18.5 Å². The number of aromatic nitrogens is 2. The Morgan fingerprint density at radius 2 is 1.92 bits per heavy atom. The Morgan fingerprint density at radius 1 is 1.25 bits per heavy atom. The van der Waals surface area contributed by atoms with Gasteiger partial charge in [0.05, 0.1) is 29.3 Å². The van der Waals surface area contributed by atoms with Gasteiger partial charge in [-0.15, -0.1) is 0 Å². The lowest BCUT2D eigenvalue weighted by Crippen LogP contribution is -2.56. The number of carbonyl (C=O) groups is 1. The molecule has 130 valence electrons. The highest BCUT2D eigenvalue weighted by Crippen LogP contribution is 2.19. The first-order valence-electron chi connectivity index (χ1n) is 8.58. The van der Waals surface area contributed by atoms with E-state index in [1.807, 2.05) is 24.3 Å². The van der Waals surface area contributed by atoms with Gasteiger partial charge in [0.25, 0.3) is 5.91 Å². The molecule has 24 heavy (non-hydrogen) atoms. The normalized spacial score (nSPS) is 23.5. The van der Waals surface area contributed by atoms with Crippen molar-refractivity contribution in [2.24, 2.45) is 5.92 Å². The van der Waals surface area contributed by atoms with Crippen LogP contribution in [0.1, 0.15) is 27.7 Å². The number of para-hydroxylation sites is 2. The Labute approximate surface area is 142 Å². The number of amides is 1. The molecule has 1 N–H and O–H groups in total. The van der Waals surface area contributed by atoms with Crippen LogP contribution >= 0.6 is 0 Å². The number of benzene rings is 1. The molecular formula is C18H26N4O2. The van der Waals surface area contributed by atoms with Crippen LogP contribution in [0.3, 0.4) is 0 Å². The van der Waals surface area contributed by atoms with E-state index in [2.05, 4.69) is 43.0 Å². The van der Waals surface area contributed by atoms with Crippen LogP contribution in [-0.4, -0.2) is 51.8 Å². The highest BCUT2D eigenvalue weighted by atomic mass is 16.5. The molecule has 6 nitrogen and oxygen atoms in total. The van der Waals surface area contributed by atoms with E-state index >= 15 is 0 Å². The second kappa shape index (κ2) is 6.91. The molecule has 6 heteroatoms.